The fraction of sp³-hybridized carbons (Fsp3) is 0.417. The Labute approximate surface area is 101 Å². The van der Waals surface area contributed by atoms with E-state index in [0.29, 0.717) is 23.9 Å². The van der Waals surface area contributed by atoms with Crippen molar-refractivity contribution < 1.29 is 4.79 Å². The minimum Gasteiger partial charge on any atom is -0.356 e. The summed E-state index contributed by atoms with van der Waals surface area (Å²) < 4.78 is 1.73. The second kappa shape index (κ2) is 5.98. The Morgan fingerprint density at radius 2 is 2.35 bits per heavy atom. The number of Topliss-reactive ketones (excluding diaryl/α,β-unsaturated/α-hetero) is 1. The molecule has 0 aliphatic rings. The highest BCUT2D eigenvalue weighted by atomic mass is 16.1. The van der Waals surface area contributed by atoms with E-state index in [4.69, 9.17) is 0 Å². The van der Waals surface area contributed by atoms with Gasteiger partial charge in [0.15, 0.2) is 11.6 Å². The van der Waals surface area contributed by atoms with Gasteiger partial charge in [-0.2, -0.15) is 4.98 Å². The van der Waals surface area contributed by atoms with Crippen molar-refractivity contribution >= 4 is 23.8 Å². The first-order valence-corrected chi connectivity index (χ1v) is 5.56. The van der Waals surface area contributed by atoms with Crippen LogP contribution in [-0.2, 0) is 7.05 Å². The van der Waals surface area contributed by atoms with Crippen LogP contribution in [0.5, 0.6) is 0 Å². The number of aromatic nitrogens is 2. The van der Waals surface area contributed by atoms with Gasteiger partial charge in [0.1, 0.15) is 5.69 Å². The highest BCUT2D eigenvalue weighted by Crippen LogP contribution is 2.22. The van der Waals surface area contributed by atoms with E-state index in [2.05, 4.69) is 21.9 Å². The van der Waals surface area contributed by atoms with E-state index in [-0.39, 0.29) is 5.78 Å². The molecule has 0 aliphatic carbocycles. The second-order valence-corrected chi connectivity index (χ2v) is 3.59. The molecule has 0 aromatic carbocycles. The average molecular weight is 234 g/mol. The van der Waals surface area contributed by atoms with Gasteiger partial charge in [-0.3, -0.25) is 4.79 Å². The van der Waals surface area contributed by atoms with Crippen molar-refractivity contribution in [3.63, 3.8) is 0 Å². The first-order chi connectivity index (χ1) is 8.11. The third kappa shape index (κ3) is 3.03. The molecule has 1 rings (SSSR count). The molecule has 0 saturated carbocycles. The lowest BCUT2D eigenvalue weighted by Gasteiger charge is -2.03. The van der Waals surface area contributed by atoms with E-state index in [9.17, 15) is 4.79 Å². The standard InChI is InChI=1S/C12H18N4O/c1-5-7-8-14-11-10(9(3)17)16(4)12(15-11)13-6-2/h5,8H,1,6-7H2,2-4H3,(H,13,15). The van der Waals surface area contributed by atoms with Crippen LogP contribution in [0.3, 0.4) is 0 Å². The number of rotatable bonds is 6. The molecular formula is C12H18N4O. The molecule has 0 fully saturated rings. The molecule has 0 aliphatic heterocycles. The number of ketones is 1. The van der Waals surface area contributed by atoms with Crippen molar-refractivity contribution in [1.29, 1.82) is 0 Å². The van der Waals surface area contributed by atoms with Gasteiger partial charge in [0, 0.05) is 33.2 Å². The van der Waals surface area contributed by atoms with Crippen molar-refractivity contribution in [2.24, 2.45) is 12.0 Å². The highest BCUT2D eigenvalue weighted by molar-refractivity contribution is 5.97. The normalized spacial score (nSPS) is 10.8. The molecule has 5 nitrogen and oxygen atoms in total. The van der Waals surface area contributed by atoms with Crippen LogP contribution in [0.1, 0.15) is 30.8 Å². The van der Waals surface area contributed by atoms with Crippen LogP contribution in [0.2, 0.25) is 0 Å². The number of allylic oxidation sites excluding steroid dienone is 1. The first-order valence-electron chi connectivity index (χ1n) is 5.56. The lowest BCUT2D eigenvalue weighted by atomic mass is 10.3. The number of anilines is 1. The number of carbonyl (C=O) groups is 1. The van der Waals surface area contributed by atoms with Crippen LogP contribution in [0.4, 0.5) is 11.8 Å². The summed E-state index contributed by atoms with van der Waals surface area (Å²) >= 11 is 0. The van der Waals surface area contributed by atoms with Gasteiger partial charge >= 0.3 is 0 Å². The maximum atomic E-state index is 11.6. The summed E-state index contributed by atoms with van der Waals surface area (Å²) in [7, 11) is 1.80. The van der Waals surface area contributed by atoms with Gasteiger partial charge in [0.05, 0.1) is 0 Å². The summed E-state index contributed by atoms with van der Waals surface area (Å²) in [4.78, 5) is 20.0. The number of nitrogens with zero attached hydrogens (tertiary/aromatic N) is 3. The zero-order valence-corrected chi connectivity index (χ0v) is 10.5. The monoisotopic (exact) mass is 234 g/mol. The molecule has 5 heteroatoms. The zero-order valence-electron chi connectivity index (χ0n) is 10.5. The smallest absolute Gasteiger partial charge is 0.205 e. The average Bonchev–Trinajstić information content (AvgIpc) is 2.57. The molecular weight excluding hydrogens is 216 g/mol. The maximum absolute atomic E-state index is 11.6. The molecule has 0 atom stereocenters. The molecule has 1 N–H and O–H groups in total. The Balaban J connectivity index is 3.13. The summed E-state index contributed by atoms with van der Waals surface area (Å²) in [6, 6.07) is 0. The minimum atomic E-state index is -0.0464. The van der Waals surface area contributed by atoms with Gasteiger partial charge < -0.3 is 9.88 Å². The molecule has 92 valence electrons. The number of carbonyl (C=O) groups excluding carboxylic acids is 1. The van der Waals surface area contributed by atoms with Gasteiger partial charge in [0.25, 0.3) is 0 Å². The molecule has 1 aromatic rings. The molecule has 0 radical (unpaired) electrons. The Morgan fingerprint density at radius 3 is 2.88 bits per heavy atom. The summed E-state index contributed by atoms with van der Waals surface area (Å²) in [5, 5.41) is 3.09. The summed E-state index contributed by atoms with van der Waals surface area (Å²) in [5.74, 6) is 1.07. The van der Waals surface area contributed by atoms with E-state index in [0.717, 1.165) is 6.54 Å². The van der Waals surface area contributed by atoms with E-state index >= 15 is 0 Å². The van der Waals surface area contributed by atoms with Crippen LogP contribution in [0.15, 0.2) is 17.6 Å². The van der Waals surface area contributed by atoms with Crippen molar-refractivity contribution in [2.45, 2.75) is 20.3 Å². The summed E-state index contributed by atoms with van der Waals surface area (Å²) in [5.41, 5.74) is 0.515. The topological polar surface area (TPSA) is 59.3 Å². The van der Waals surface area contributed by atoms with Gasteiger partial charge in [-0.1, -0.05) is 6.08 Å². The van der Waals surface area contributed by atoms with Gasteiger partial charge in [-0.15, -0.1) is 6.58 Å². The lowest BCUT2D eigenvalue weighted by molar-refractivity contribution is 0.101. The van der Waals surface area contributed by atoms with E-state index < -0.39 is 0 Å². The third-order valence-electron chi connectivity index (χ3n) is 2.23. The first kappa shape index (κ1) is 13.2. The molecule has 17 heavy (non-hydrogen) atoms. The Kier molecular flexibility index (Phi) is 4.63. The largest absolute Gasteiger partial charge is 0.356 e. The van der Waals surface area contributed by atoms with Crippen LogP contribution < -0.4 is 5.32 Å². The van der Waals surface area contributed by atoms with E-state index in [1.54, 1.807) is 23.9 Å². The van der Waals surface area contributed by atoms with Gasteiger partial charge in [0.2, 0.25) is 5.95 Å². The zero-order chi connectivity index (χ0) is 12.8. The number of aliphatic imine (C=N–C) groups is 1. The molecule has 1 heterocycles. The van der Waals surface area contributed by atoms with Crippen molar-refractivity contribution in [3.05, 3.63) is 18.3 Å². The van der Waals surface area contributed by atoms with E-state index in [1.807, 2.05) is 6.92 Å². The summed E-state index contributed by atoms with van der Waals surface area (Å²) in [6.45, 7) is 7.84. The van der Waals surface area contributed by atoms with Crippen LogP contribution in [0, 0.1) is 0 Å². The van der Waals surface area contributed by atoms with Crippen molar-refractivity contribution in [2.75, 3.05) is 11.9 Å². The third-order valence-corrected chi connectivity index (χ3v) is 2.23. The number of hydrogen-bond acceptors (Lipinski definition) is 4. The molecule has 0 saturated heterocycles. The fourth-order valence-electron chi connectivity index (χ4n) is 1.50. The van der Waals surface area contributed by atoms with Crippen molar-refractivity contribution in [1.82, 2.24) is 9.55 Å². The Bertz CT molecular complexity index is 446. The molecule has 1 aromatic heterocycles. The fourth-order valence-corrected chi connectivity index (χ4v) is 1.50. The molecule has 0 spiro atoms. The number of nitrogens with one attached hydrogen (secondary N) is 1. The van der Waals surface area contributed by atoms with Crippen LogP contribution in [-0.4, -0.2) is 28.1 Å². The molecule has 0 bridgehead atoms. The Morgan fingerprint density at radius 1 is 1.65 bits per heavy atom. The van der Waals surface area contributed by atoms with Gasteiger partial charge in [-0.25, -0.2) is 4.99 Å². The second-order valence-electron chi connectivity index (χ2n) is 3.59. The maximum Gasteiger partial charge on any atom is 0.205 e. The lowest BCUT2D eigenvalue weighted by Crippen LogP contribution is -2.07. The number of imidazole rings is 1. The minimum absolute atomic E-state index is 0.0464. The van der Waals surface area contributed by atoms with Crippen molar-refractivity contribution in [3.8, 4) is 0 Å². The Hall–Kier alpha value is -1.91. The predicted octanol–water partition coefficient (Wildman–Crippen LogP) is 2.33. The van der Waals surface area contributed by atoms with Gasteiger partial charge in [-0.05, 0) is 6.92 Å². The summed E-state index contributed by atoms with van der Waals surface area (Å²) in [6.07, 6.45) is 4.09. The quantitative estimate of drug-likeness (QED) is 0.467. The van der Waals surface area contributed by atoms with Crippen LogP contribution >= 0.6 is 0 Å². The van der Waals surface area contributed by atoms with Crippen LogP contribution in [0.25, 0.3) is 0 Å². The highest BCUT2D eigenvalue weighted by Gasteiger charge is 2.16. The predicted molar refractivity (Wildman–Crippen MR) is 70.3 cm³/mol. The molecule has 0 unspecified atom stereocenters. The SMILES string of the molecule is C=CCC=Nc1nc(NCC)n(C)c1C(C)=O. The number of hydrogen-bond donors (Lipinski definition) is 1. The molecule has 0 amide bonds. The van der Waals surface area contributed by atoms with E-state index in [1.165, 1.54) is 6.92 Å².